The quantitative estimate of drug-likeness (QED) is 0.185. The monoisotopic (exact) mass is 738 g/mol. The SMILES string of the molecule is O=C(P)CNC(=O)C(Cc1ccccc1)NC(=O)CO.[NH-]CNC(=O)Cc1ccc(N2C(=O)C=CC2=O)cc1.[W]. The van der Waals surface area contributed by atoms with Gasteiger partial charge in [0.05, 0.1) is 18.7 Å². The fourth-order valence-electron chi connectivity index (χ4n) is 3.36. The summed E-state index contributed by atoms with van der Waals surface area (Å²) in [6.07, 6.45) is 2.89. The van der Waals surface area contributed by atoms with Gasteiger partial charge in [-0.1, -0.05) is 58.4 Å². The number of hydrogen-bond donors (Lipinski definition) is 4. The Hall–Kier alpha value is -3.56. The Labute approximate surface area is 247 Å². The maximum atomic E-state index is 11.9. The number of carbonyl (C=O) groups excluding carboxylic acids is 6. The molecular weight excluding hydrogens is 709 g/mol. The number of imide groups is 1. The maximum absolute atomic E-state index is 11.9. The second kappa shape index (κ2) is 17.9. The van der Waals surface area contributed by atoms with Gasteiger partial charge in [0, 0.05) is 39.6 Å². The van der Waals surface area contributed by atoms with Crippen molar-refractivity contribution >= 4 is 50.0 Å². The Bertz CT molecular complexity index is 1210. The van der Waals surface area contributed by atoms with Gasteiger partial charge in [-0.15, -0.1) is 0 Å². The number of hydrogen-bond acceptors (Lipinski definition) is 7. The van der Waals surface area contributed by atoms with Gasteiger partial charge in [0.1, 0.15) is 12.6 Å². The van der Waals surface area contributed by atoms with Crippen molar-refractivity contribution in [2.45, 2.75) is 18.9 Å². The third-order valence-electron chi connectivity index (χ3n) is 5.17. The molecule has 0 radical (unpaired) electrons. The average molecular weight is 738 g/mol. The molecule has 0 fully saturated rings. The molecule has 0 bridgehead atoms. The van der Waals surface area contributed by atoms with Crippen molar-refractivity contribution in [2.75, 3.05) is 24.7 Å². The third kappa shape index (κ3) is 11.7. The van der Waals surface area contributed by atoms with Crippen LogP contribution >= 0.6 is 9.24 Å². The molecule has 5 amide bonds. The van der Waals surface area contributed by atoms with Crippen LogP contribution in [0, 0.1) is 0 Å². The number of amides is 5. The Morgan fingerprint density at radius 3 is 2.00 bits per heavy atom. The summed E-state index contributed by atoms with van der Waals surface area (Å²) in [5, 5.41) is 16.0. The molecule has 2 atom stereocenters. The first-order chi connectivity index (χ1) is 18.6. The number of aliphatic hydroxyl groups excluding tert-OH is 1. The molecule has 0 saturated carbocycles. The van der Waals surface area contributed by atoms with E-state index in [2.05, 4.69) is 16.0 Å². The largest absolute Gasteiger partial charge is 0.660 e. The molecule has 2 unspecified atom stereocenters. The molecule has 40 heavy (non-hydrogen) atoms. The minimum atomic E-state index is -0.832. The van der Waals surface area contributed by atoms with E-state index in [1.807, 2.05) is 39.6 Å². The van der Waals surface area contributed by atoms with E-state index in [9.17, 15) is 28.8 Å². The topological polar surface area (TPSA) is 186 Å². The predicted octanol–water partition coefficient (Wildman–Crippen LogP) is 0.00600. The van der Waals surface area contributed by atoms with Crippen molar-refractivity contribution in [1.29, 1.82) is 0 Å². The van der Waals surface area contributed by atoms with Crippen LogP contribution in [-0.2, 0) is 62.7 Å². The number of carbonyl (C=O) groups is 6. The van der Waals surface area contributed by atoms with Crippen molar-refractivity contribution in [3.05, 3.63) is 83.6 Å². The van der Waals surface area contributed by atoms with Crippen molar-refractivity contribution < 1.29 is 54.9 Å². The number of nitrogens with one attached hydrogen (secondary N) is 4. The Kier molecular flexibility index (Phi) is 15.4. The van der Waals surface area contributed by atoms with Crippen LogP contribution in [0.1, 0.15) is 11.1 Å². The summed E-state index contributed by atoms with van der Waals surface area (Å²) in [5.41, 5.74) is 8.70. The summed E-state index contributed by atoms with van der Waals surface area (Å²) < 4.78 is 0. The standard InChI is InChI=1S/C13H12N3O3.C13H17N2O4P.W/c14-8-15-11(17)7-9-1-3-10(4-2-9)16-12(18)5-6-13(16)19;16-8-11(17)15-10(13(19)14-7-12(18)20)6-9-4-2-1-3-5-9;/h1-6,14H,7-8H2,(H,15,17);1-5,10,16H,6-8,20H2,(H,14,19)(H,15,17);/q-1;;. The van der Waals surface area contributed by atoms with E-state index < -0.39 is 24.5 Å². The predicted molar refractivity (Wildman–Crippen MR) is 146 cm³/mol. The molecule has 1 heterocycles. The number of anilines is 1. The summed E-state index contributed by atoms with van der Waals surface area (Å²) in [5.74, 6) is -2.09. The van der Waals surface area contributed by atoms with Crippen LogP contribution in [0.5, 0.6) is 0 Å². The van der Waals surface area contributed by atoms with Gasteiger partial charge in [-0.25, -0.2) is 4.90 Å². The zero-order valence-corrected chi connectivity index (χ0v) is 25.4. The minimum absolute atomic E-state index is 0. The van der Waals surface area contributed by atoms with Gasteiger partial charge in [-0.3, -0.25) is 28.8 Å². The van der Waals surface area contributed by atoms with Gasteiger partial charge in [0.2, 0.25) is 17.7 Å². The normalized spacial score (nSPS) is 12.4. The molecule has 5 N–H and O–H groups in total. The van der Waals surface area contributed by atoms with Gasteiger partial charge in [0.25, 0.3) is 11.8 Å². The smallest absolute Gasteiger partial charge is 0.258 e. The van der Waals surface area contributed by atoms with Gasteiger partial charge in [-0.2, -0.15) is 0 Å². The molecule has 2 aromatic carbocycles. The van der Waals surface area contributed by atoms with Crippen LogP contribution in [-0.4, -0.2) is 66.0 Å². The van der Waals surface area contributed by atoms with Crippen molar-refractivity contribution in [1.82, 2.24) is 16.0 Å². The summed E-state index contributed by atoms with van der Waals surface area (Å²) >= 11 is 0. The molecule has 3 rings (SSSR count). The van der Waals surface area contributed by atoms with E-state index in [0.717, 1.165) is 16.0 Å². The van der Waals surface area contributed by atoms with Crippen molar-refractivity contribution in [2.24, 2.45) is 0 Å². The van der Waals surface area contributed by atoms with E-state index in [1.165, 1.54) is 12.2 Å². The van der Waals surface area contributed by atoms with E-state index in [4.69, 9.17) is 10.8 Å². The maximum Gasteiger partial charge on any atom is 0.258 e. The summed E-state index contributed by atoms with van der Waals surface area (Å²) in [4.78, 5) is 69.3. The van der Waals surface area contributed by atoms with Gasteiger partial charge < -0.3 is 26.8 Å². The van der Waals surface area contributed by atoms with Crippen LogP contribution in [0.4, 0.5) is 5.69 Å². The first-order valence-electron chi connectivity index (χ1n) is 11.7. The molecule has 2 aromatic rings. The Morgan fingerprint density at radius 1 is 0.875 bits per heavy atom. The van der Waals surface area contributed by atoms with E-state index in [0.29, 0.717) is 5.69 Å². The molecule has 212 valence electrons. The van der Waals surface area contributed by atoms with Crippen LogP contribution in [0.3, 0.4) is 0 Å². The average Bonchev–Trinajstić information content (AvgIpc) is 3.25. The van der Waals surface area contributed by atoms with Crippen LogP contribution < -0.4 is 20.9 Å². The molecule has 1 aliphatic heterocycles. The van der Waals surface area contributed by atoms with Gasteiger partial charge >= 0.3 is 0 Å². The second-order valence-corrected chi connectivity index (χ2v) is 8.76. The first kappa shape index (κ1) is 34.5. The van der Waals surface area contributed by atoms with Crippen LogP contribution in [0.25, 0.3) is 5.73 Å². The third-order valence-corrected chi connectivity index (χ3v) is 5.37. The molecule has 0 aliphatic carbocycles. The zero-order chi connectivity index (χ0) is 28.8. The van der Waals surface area contributed by atoms with Crippen molar-refractivity contribution in [3.8, 4) is 0 Å². The summed E-state index contributed by atoms with van der Waals surface area (Å²) in [6.45, 7) is -0.968. The number of rotatable bonds is 11. The molecular formula is C26H29N5O7PW-. The summed E-state index contributed by atoms with van der Waals surface area (Å²) in [7, 11) is 1.96. The van der Waals surface area contributed by atoms with E-state index >= 15 is 0 Å². The molecule has 0 aromatic heterocycles. The van der Waals surface area contributed by atoms with Crippen molar-refractivity contribution in [3.63, 3.8) is 0 Å². The Balaban J connectivity index is 0.000000390. The molecule has 14 heteroatoms. The minimum Gasteiger partial charge on any atom is -0.660 e. The fourth-order valence-corrected chi connectivity index (χ4v) is 3.46. The summed E-state index contributed by atoms with van der Waals surface area (Å²) in [6, 6.07) is 14.9. The molecule has 12 nitrogen and oxygen atoms in total. The number of aliphatic hydroxyl groups is 1. The number of benzene rings is 2. The first-order valence-corrected chi connectivity index (χ1v) is 12.3. The molecule has 1 aliphatic rings. The van der Waals surface area contributed by atoms with E-state index in [1.54, 1.807) is 24.3 Å². The van der Waals surface area contributed by atoms with Crippen LogP contribution in [0.2, 0.25) is 0 Å². The Morgan fingerprint density at radius 2 is 1.48 bits per heavy atom. The fraction of sp³-hybridized carbons (Fsp3) is 0.231. The second-order valence-electron chi connectivity index (χ2n) is 8.12. The van der Waals surface area contributed by atoms with E-state index in [-0.39, 0.29) is 70.4 Å². The van der Waals surface area contributed by atoms with Gasteiger partial charge in [-0.05, 0) is 23.3 Å². The number of nitrogens with zero attached hydrogens (tertiary/aromatic N) is 1. The zero-order valence-electron chi connectivity index (χ0n) is 21.3. The van der Waals surface area contributed by atoms with Gasteiger partial charge in [0.15, 0.2) is 5.52 Å². The molecule has 0 spiro atoms. The molecule has 0 saturated heterocycles. The van der Waals surface area contributed by atoms with Crippen LogP contribution in [0.15, 0.2) is 66.7 Å².